The van der Waals surface area contributed by atoms with E-state index in [0.29, 0.717) is 21.7 Å². The Labute approximate surface area is 157 Å². The number of rotatable bonds is 6. The molecule has 1 aromatic heterocycles. The van der Waals surface area contributed by atoms with Gasteiger partial charge in [-0.25, -0.2) is 4.98 Å². The largest absolute Gasteiger partial charge is 0.379 e. The van der Waals surface area contributed by atoms with Gasteiger partial charge < -0.3 is 15.4 Å². The first-order valence-corrected chi connectivity index (χ1v) is 8.98. The van der Waals surface area contributed by atoms with Gasteiger partial charge in [0.05, 0.1) is 28.9 Å². The van der Waals surface area contributed by atoms with Crippen LogP contribution in [0.3, 0.4) is 0 Å². The van der Waals surface area contributed by atoms with Crippen molar-refractivity contribution in [3.05, 3.63) is 40.0 Å². The van der Waals surface area contributed by atoms with E-state index in [2.05, 4.69) is 25.5 Å². The molecule has 1 fully saturated rings. The number of nitrogens with one attached hydrogen (secondary N) is 2. The van der Waals surface area contributed by atoms with Crippen LogP contribution in [0, 0.1) is 6.92 Å². The van der Waals surface area contributed by atoms with Gasteiger partial charge in [-0.05, 0) is 19.1 Å². The van der Waals surface area contributed by atoms with Gasteiger partial charge in [-0.1, -0.05) is 29.3 Å². The van der Waals surface area contributed by atoms with Gasteiger partial charge in [0.15, 0.2) is 0 Å². The summed E-state index contributed by atoms with van der Waals surface area (Å²) in [7, 11) is 0. The zero-order chi connectivity index (χ0) is 17.6. The molecule has 8 heteroatoms. The molecular weight excluding hydrogens is 361 g/mol. The summed E-state index contributed by atoms with van der Waals surface area (Å²) in [6.07, 6.45) is 0. The SMILES string of the molecule is Cc1cc(NCCN2CCOCC2)nc(Nc2cccc(Cl)c2Cl)n1. The number of hydrogen-bond donors (Lipinski definition) is 2. The number of morpholine rings is 1. The molecule has 6 nitrogen and oxygen atoms in total. The van der Waals surface area contributed by atoms with E-state index in [1.54, 1.807) is 6.07 Å². The molecule has 0 aliphatic carbocycles. The summed E-state index contributed by atoms with van der Waals surface area (Å²) in [6.45, 7) is 7.26. The van der Waals surface area contributed by atoms with E-state index in [9.17, 15) is 0 Å². The van der Waals surface area contributed by atoms with Crippen molar-refractivity contribution in [1.29, 1.82) is 0 Å². The number of anilines is 3. The molecule has 3 rings (SSSR count). The summed E-state index contributed by atoms with van der Waals surface area (Å²) < 4.78 is 5.36. The fraction of sp³-hybridized carbons (Fsp3) is 0.412. The molecule has 0 bridgehead atoms. The number of nitrogens with zero attached hydrogens (tertiary/aromatic N) is 3. The predicted octanol–water partition coefficient (Wildman–Crippen LogP) is 3.58. The van der Waals surface area contributed by atoms with E-state index in [4.69, 9.17) is 27.9 Å². The zero-order valence-electron chi connectivity index (χ0n) is 14.1. The van der Waals surface area contributed by atoms with Crippen LogP contribution in [0.25, 0.3) is 0 Å². The molecule has 1 aromatic carbocycles. The third-order valence-corrected chi connectivity index (χ3v) is 4.71. The molecule has 0 saturated carbocycles. The second-order valence-electron chi connectivity index (χ2n) is 5.83. The summed E-state index contributed by atoms with van der Waals surface area (Å²) in [5.41, 5.74) is 1.54. The zero-order valence-corrected chi connectivity index (χ0v) is 15.6. The minimum Gasteiger partial charge on any atom is -0.379 e. The van der Waals surface area contributed by atoms with Crippen LogP contribution < -0.4 is 10.6 Å². The maximum absolute atomic E-state index is 6.21. The summed E-state index contributed by atoms with van der Waals surface area (Å²) >= 11 is 12.3. The second kappa shape index (κ2) is 8.67. The van der Waals surface area contributed by atoms with E-state index in [0.717, 1.165) is 50.9 Å². The lowest BCUT2D eigenvalue weighted by atomic mass is 10.3. The van der Waals surface area contributed by atoms with E-state index < -0.39 is 0 Å². The molecule has 0 amide bonds. The van der Waals surface area contributed by atoms with E-state index in [-0.39, 0.29) is 0 Å². The first-order chi connectivity index (χ1) is 12.1. The number of benzene rings is 1. The third kappa shape index (κ3) is 5.19. The molecule has 2 heterocycles. The summed E-state index contributed by atoms with van der Waals surface area (Å²) in [5, 5.41) is 7.42. The Morgan fingerprint density at radius 2 is 2.00 bits per heavy atom. The Morgan fingerprint density at radius 1 is 1.20 bits per heavy atom. The van der Waals surface area contributed by atoms with Crippen molar-refractivity contribution < 1.29 is 4.74 Å². The van der Waals surface area contributed by atoms with Crippen LogP contribution in [-0.4, -0.2) is 54.3 Å². The van der Waals surface area contributed by atoms with Crippen molar-refractivity contribution in [3.8, 4) is 0 Å². The van der Waals surface area contributed by atoms with Gasteiger partial charge in [-0.3, -0.25) is 4.90 Å². The fourth-order valence-electron chi connectivity index (χ4n) is 2.60. The highest BCUT2D eigenvalue weighted by molar-refractivity contribution is 6.43. The normalized spacial score (nSPS) is 15.2. The highest BCUT2D eigenvalue weighted by atomic mass is 35.5. The second-order valence-corrected chi connectivity index (χ2v) is 6.61. The van der Waals surface area contributed by atoms with E-state index in [1.165, 1.54) is 0 Å². The molecule has 1 aliphatic heterocycles. The minimum absolute atomic E-state index is 0.455. The van der Waals surface area contributed by atoms with E-state index in [1.807, 2.05) is 25.1 Å². The number of aromatic nitrogens is 2. The van der Waals surface area contributed by atoms with Gasteiger partial charge in [-0.15, -0.1) is 0 Å². The average molecular weight is 382 g/mol. The van der Waals surface area contributed by atoms with Gasteiger partial charge in [0, 0.05) is 37.9 Å². The van der Waals surface area contributed by atoms with Gasteiger partial charge in [0.25, 0.3) is 0 Å². The topological polar surface area (TPSA) is 62.3 Å². The van der Waals surface area contributed by atoms with Crippen molar-refractivity contribution in [2.45, 2.75) is 6.92 Å². The highest BCUT2D eigenvalue weighted by Crippen LogP contribution is 2.31. The first-order valence-electron chi connectivity index (χ1n) is 8.22. The fourth-order valence-corrected chi connectivity index (χ4v) is 2.95. The average Bonchev–Trinajstić information content (AvgIpc) is 2.59. The van der Waals surface area contributed by atoms with Crippen molar-refractivity contribution >= 4 is 40.7 Å². The molecule has 1 aliphatic rings. The van der Waals surface area contributed by atoms with Crippen molar-refractivity contribution in [3.63, 3.8) is 0 Å². The van der Waals surface area contributed by atoms with Crippen LogP contribution in [0.1, 0.15) is 5.69 Å². The Hall–Kier alpha value is -1.60. The Morgan fingerprint density at radius 3 is 2.80 bits per heavy atom. The van der Waals surface area contributed by atoms with Crippen LogP contribution in [0.15, 0.2) is 24.3 Å². The van der Waals surface area contributed by atoms with Crippen molar-refractivity contribution in [2.75, 3.05) is 50.0 Å². The Kier molecular flexibility index (Phi) is 6.31. The van der Waals surface area contributed by atoms with Crippen LogP contribution in [0.2, 0.25) is 10.0 Å². The van der Waals surface area contributed by atoms with Gasteiger partial charge in [0.2, 0.25) is 5.95 Å². The number of halogens is 2. The molecule has 2 N–H and O–H groups in total. The lowest BCUT2D eigenvalue weighted by Crippen LogP contribution is -2.39. The summed E-state index contributed by atoms with van der Waals surface area (Å²) in [5.74, 6) is 1.26. The molecule has 25 heavy (non-hydrogen) atoms. The molecule has 2 aromatic rings. The third-order valence-electron chi connectivity index (χ3n) is 3.89. The maximum Gasteiger partial charge on any atom is 0.229 e. The number of ether oxygens (including phenoxy) is 1. The molecule has 0 unspecified atom stereocenters. The number of aryl methyl sites for hydroxylation is 1. The van der Waals surface area contributed by atoms with Crippen molar-refractivity contribution in [2.24, 2.45) is 0 Å². The van der Waals surface area contributed by atoms with E-state index >= 15 is 0 Å². The minimum atomic E-state index is 0.455. The molecule has 0 atom stereocenters. The number of hydrogen-bond acceptors (Lipinski definition) is 6. The maximum atomic E-state index is 6.21. The van der Waals surface area contributed by atoms with Crippen LogP contribution in [0.4, 0.5) is 17.5 Å². The quantitative estimate of drug-likeness (QED) is 0.797. The Balaban J connectivity index is 1.62. The summed E-state index contributed by atoms with van der Waals surface area (Å²) in [4.78, 5) is 11.3. The van der Waals surface area contributed by atoms with Crippen LogP contribution >= 0.6 is 23.2 Å². The lowest BCUT2D eigenvalue weighted by Gasteiger charge is -2.26. The highest BCUT2D eigenvalue weighted by Gasteiger charge is 2.10. The standard InChI is InChI=1S/C17H21Cl2N5O/c1-12-11-15(20-5-6-24-7-9-25-10-8-24)23-17(21-12)22-14-4-2-3-13(18)16(14)19/h2-4,11H,5-10H2,1H3,(H2,20,21,22,23). The molecule has 1 saturated heterocycles. The summed E-state index contributed by atoms with van der Waals surface area (Å²) in [6, 6.07) is 7.33. The monoisotopic (exact) mass is 381 g/mol. The van der Waals surface area contributed by atoms with Crippen molar-refractivity contribution in [1.82, 2.24) is 14.9 Å². The van der Waals surface area contributed by atoms with Gasteiger partial charge in [-0.2, -0.15) is 4.98 Å². The molecule has 0 spiro atoms. The molecule has 134 valence electrons. The van der Waals surface area contributed by atoms with Gasteiger partial charge >= 0.3 is 0 Å². The van der Waals surface area contributed by atoms with Crippen LogP contribution in [0.5, 0.6) is 0 Å². The van der Waals surface area contributed by atoms with Gasteiger partial charge in [0.1, 0.15) is 5.82 Å². The Bertz CT molecular complexity index is 722. The lowest BCUT2D eigenvalue weighted by molar-refractivity contribution is 0.0398. The molecule has 0 radical (unpaired) electrons. The smallest absolute Gasteiger partial charge is 0.229 e. The van der Waals surface area contributed by atoms with Crippen LogP contribution in [-0.2, 0) is 4.74 Å². The predicted molar refractivity (Wildman–Crippen MR) is 102 cm³/mol. The first kappa shape index (κ1) is 18.2. The molecular formula is C17H21Cl2N5O.